The summed E-state index contributed by atoms with van der Waals surface area (Å²) in [5.41, 5.74) is 0.518. The number of nitrogens with zero attached hydrogens (tertiary/aromatic N) is 1. The van der Waals surface area contributed by atoms with Gasteiger partial charge in [0.1, 0.15) is 28.9 Å². The molecule has 3 rings (SSSR count). The first kappa shape index (κ1) is 16.6. The van der Waals surface area contributed by atoms with E-state index in [2.05, 4.69) is 0 Å². The first-order valence-electron chi connectivity index (χ1n) is 7.71. The number of carboxylic acid groups (broad SMARTS) is 1. The van der Waals surface area contributed by atoms with E-state index in [1.165, 1.54) is 30.3 Å². The van der Waals surface area contributed by atoms with Gasteiger partial charge in [-0.3, -0.25) is 4.79 Å². The van der Waals surface area contributed by atoms with Crippen LogP contribution in [-0.4, -0.2) is 51.3 Å². The minimum absolute atomic E-state index is 0.0695. The molecule has 1 amide bonds. The van der Waals surface area contributed by atoms with E-state index in [1.807, 2.05) is 0 Å². The minimum atomic E-state index is -1.27. The average Bonchev–Trinajstić information content (AvgIpc) is 2.52. The van der Waals surface area contributed by atoms with Gasteiger partial charge in [0.05, 0.1) is 19.5 Å². The molecule has 0 radical (unpaired) electrons. The summed E-state index contributed by atoms with van der Waals surface area (Å²) in [6, 6.07) is 10.7. The number of ether oxygens (including phenoxy) is 1. The molecular formula is C18H17NO6. The molecule has 2 aromatic carbocycles. The lowest BCUT2D eigenvalue weighted by Crippen LogP contribution is -2.56. The second-order valence-electron chi connectivity index (χ2n) is 5.84. The van der Waals surface area contributed by atoms with Crippen molar-refractivity contribution in [1.29, 1.82) is 0 Å². The zero-order valence-electron chi connectivity index (χ0n) is 13.3. The molecule has 1 aliphatic rings. The molecule has 0 spiro atoms. The van der Waals surface area contributed by atoms with Gasteiger partial charge in [-0.15, -0.1) is 0 Å². The third-order valence-corrected chi connectivity index (χ3v) is 4.00. The second kappa shape index (κ2) is 6.72. The van der Waals surface area contributed by atoms with Crippen molar-refractivity contribution >= 4 is 11.9 Å². The standard InChI is InChI=1S/C18H17NO6/c20-12-6-4-11(5-7-12)8-16(22)19-9-13(10-19)25-15-3-1-2-14(21)17(15)18(23)24/h1-7,13,20-21H,8-10H2,(H,23,24). The van der Waals surface area contributed by atoms with Gasteiger partial charge in [-0.2, -0.15) is 0 Å². The Bertz CT molecular complexity index is 796. The fraction of sp³-hybridized carbons (Fsp3) is 0.222. The molecule has 3 N–H and O–H groups in total. The highest BCUT2D eigenvalue weighted by Gasteiger charge is 2.33. The molecule has 1 saturated heterocycles. The number of aromatic hydroxyl groups is 2. The Morgan fingerprint density at radius 3 is 2.40 bits per heavy atom. The van der Waals surface area contributed by atoms with Crippen LogP contribution >= 0.6 is 0 Å². The lowest BCUT2D eigenvalue weighted by molar-refractivity contribution is -0.139. The Hall–Kier alpha value is -3.22. The SMILES string of the molecule is O=C(O)c1c(O)cccc1OC1CN(C(=O)Cc2ccc(O)cc2)C1. The maximum atomic E-state index is 12.2. The third kappa shape index (κ3) is 3.65. The van der Waals surface area contributed by atoms with Gasteiger partial charge in [0, 0.05) is 0 Å². The van der Waals surface area contributed by atoms with Crippen LogP contribution in [0.5, 0.6) is 17.2 Å². The van der Waals surface area contributed by atoms with Crippen molar-refractivity contribution < 1.29 is 29.6 Å². The van der Waals surface area contributed by atoms with E-state index >= 15 is 0 Å². The van der Waals surface area contributed by atoms with E-state index < -0.39 is 5.97 Å². The molecule has 1 aliphatic heterocycles. The first-order valence-corrected chi connectivity index (χ1v) is 7.71. The highest BCUT2D eigenvalue weighted by atomic mass is 16.5. The Balaban J connectivity index is 1.56. The van der Waals surface area contributed by atoms with Gasteiger partial charge < -0.3 is 25.0 Å². The normalized spacial score (nSPS) is 14.0. The van der Waals surface area contributed by atoms with Crippen LogP contribution in [0.2, 0.25) is 0 Å². The van der Waals surface area contributed by atoms with Gasteiger partial charge in [0.15, 0.2) is 0 Å². The molecule has 0 atom stereocenters. The van der Waals surface area contributed by atoms with Crippen molar-refractivity contribution in [2.45, 2.75) is 12.5 Å². The molecule has 2 aromatic rings. The van der Waals surface area contributed by atoms with Crippen LogP contribution < -0.4 is 4.74 Å². The zero-order valence-corrected chi connectivity index (χ0v) is 13.3. The van der Waals surface area contributed by atoms with Crippen molar-refractivity contribution in [3.8, 4) is 17.2 Å². The molecular weight excluding hydrogens is 326 g/mol. The zero-order chi connectivity index (χ0) is 18.0. The fourth-order valence-electron chi connectivity index (χ4n) is 2.63. The molecule has 0 aromatic heterocycles. The lowest BCUT2D eigenvalue weighted by Gasteiger charge is -2.39. The first-order chi connectivity index (χ1) is 11.9. The number of hydrogen-bond donors (Lipinski definition) is 3. The van der Waals surface area contributed by atoms with E-state index in [0.717, 1.165) is 5.56 Å². The molecule has 1 fully saturated rings. The summed E-state index contributed by atoms with van der Waals surface area (Å²) in [6.07, 6.45) is -0.0943. The van der Waals surface area contributed by atoms with Crippen LogP contribution in [-0.2, 0) is 11.2 Å². The number of phenolic OH excluding ortho intramolecular Hbond substituents is 1. The molecule has 1 heterocycles. The van der Waals surface area contributed by atoms with Gasteiger partial charge >= 0.3 is 5.97 Å². The van der Waals surface area contributed by atoms with Crippen molar-refractivity contribution in [3.63, 3.8) is 0 Å². The summed E-state index contributed by atoms with van der Waals surface area (Å²) < 4.78 is 5.60. The number of amides is 1. The van der Waals surface area contributed by atoms with E-state index in [0.29, 0.717) is 13.1 Å². The van der Waals surface area contributed by atoms with Gasteiger partial charge in [0.2, 0.25) is 5.91 Å². The number of likely N-dealkylation sites (tertiary alicyclic amines) is 1. The monoisotopic (exact) mass is 343 g/mol. The number of carbonyl (C=O) groups is 2. The van der Waals surface area contributed by atoms with E-state index in [1.54, 1.807) is 17.0 Å². The number of carbonyl (C=O) groups excluding carboxylic acids is 1. The van der Waals surface area contributed by atoms with Crippen LogP contribution in [0.3, 0.4) is 0 Å². The molecule has 7 nitrogen and oxygen atoms in total. The minimum Gasteiger partial charge on any atom is -0.508 e. The summed E-state index contributed by atoms with van der Waals surface area (Å²) in [5, 5.41) is 28.0. The number of hydrogen-bond acceptors (Lipinski definition) is 5. The quantitative estimate of drug-likeness (QED) is 0.762. The van der Waals surface area contributed by atoms with E-state index in [-0.39, 0.29) is 41.2 Å². The Kier molecular flexibility index (Phi) is 4.47. The predicted molar refractivity (Wildman–Crippen MR) is 87.9 cm³/mol. The Morgan fingerprint density at radius 1 is 1.08 bits per heavy atom. The maximum absolute atomic E-state index is 12.2. The maximum Gasteiger partial charge on any atom is 0.343 e. The van der Waals surface area contributed by atoms with E-state index in [9.17, 15) is 19.8 Å². The molecule has 7 heteroatoms. The van der Waals surface area contributed by atoms with Crippen LogP contribution in [0.15, 0.2) is 42.5 Å². The average molecular weight is 343 g/mol. The lowest BCUT2D eigenvalue weighted by atomic mass is 10.1. The van der Waals surface area contributed by atoms with Crippen LogP contribution in [0, 0.1) is 0 Å². The third-order valence-electron chi connectivity index (χ3n) is 4.00. The van der Waals surface area contributed by atoms with Crippen molar-refractivity contribution in [2.75, 3.05) is 13.1 Å². The van der Waals surface area contributed by atoms with Crippen molar-refractivity contribution in [2.24, 2.45) is 0 Å². The molecule has 130 valence electrons. The summed E-state index contributed by atoms with van der Waals surface area (Å²) in [4.78, 5) is 25.0. The van der Waals surface area contributed by atoms with Crippen LogP contribution in [0.4, 0.5) is 0 Å². The Morgan fingerprint density at radius 2 is 1.76 bits per heavy atom. The topological polar surface area (TPSA) is 107 Å². The number of phenols is 2. The number of benzene rings is 2. The van der Waals surface area contributed by atoms with Crippen LogP contribution in [0.1, 0.15) is 15.9 Å². The van der Waals surface area contributed by atoms with Crippen molar-refractivity contribution in [1.82, 2.24) is 4.90 Å². The fourth-order valence-corrected chi connectivity index (χ4v) is 2.63. The number of aromatic carboxylic acids is 1. The summed E-state index contributed by atoms with van der Waals surface area (Å²) in [6.45, 7) is 0.706. The number of carboxylic acids is 1. The molecule has 0 bridgehead atoms. The van der Waals surface area contributed by atoms with Crippen LogP contribution in [0.25, 0.3) is 0 Å². The second-order valence-corrected chi connectivity index (χ2v) is 5.84. The highest BCUT2D eigenvalue weighted by molar-refractivity contribution is 5.94. The Labute approximate surface area is 143 Å². The van der Waals surface area contributed by atoms with Gasteiger partial charge in [-0.05, 0) is 29.8 Å². The van der Waals surface area contributed by atoms with E-state index in [4.69, 9.17) is 9.84 Å². The summed E-state index contributed by atoms with van der Waals surface area (Å²) in [5.74, 6) is -1.46. The molecule has 0 saturated carbocycles. The van der Waals surface area contributed by atoms with Gasteiger partial charge in [0.25, 0.3) is 0 Å². The number of rotatable bonds is 5. The molecule has 0 unspecified atom stereocenters. The smallest absolute Gasteiger partial charge is 0.343 e. The highest BCUT2D eigenvalue weighted by Crippen LogP contribution is 2.29. The molecule has 0 aliphatic carbocycles. The van der Waals surface area contributed by atoms with Gasteiger partial charge in [-0.25, -0.2) is 4.79 Å². The van der Waals surface area contributed by atoms with Gasteiger partial charge in [-0.1, -0.05) is 18.2 Å². The largest absolute Gasteiger partial charge is 0.508 e. The summed E-state index contributed by atoms with van der Waals surface area (Å²) in [7, 11) is 0. The van der Waals surface area contributed by atoms with Crippen molar-refractivity contribution in [3.05, 3.63) is 53.6 Å². The summed E-state index contributed by atoms with van der Waals surface area (Å²) >= 11 is 0. The predicted octanol–water partition coefficient (Wildman–Crippen LogP) is 1.63. The molecule has 25 heavy (non-hydrogen) atoms.